The van der Waals surface area contributed by atoms with Crippen molar-refractivity contribution < 1.29 is 9.90 Å². The van der Waals surface area contributed by atoms with Gasteiger partial charge in [0.2, 0.25) is 5.91 Å². The minimum atomic E-state index is -0.486. The van der Waals surface area contributed by atoms with Crippen LogP contribution in [0.3, 0.4) is 0 Å². The number of aliphatic hydroxyl groups excluding tert-OH is 1. The van der Waals surface area contributed by atoms with Crippen LogP contribution in [0, 0.1) is 5.92 Å². The van der Waals surface area contributed by atoms with Crippen LogP contribution in [0.25, 0.3) is 0 Å². The van der Waals surface area contributed by atoms with Crippen LogP contribution in [0.1, 0.15) is 23.5 Å². The third kappa shape index (κ3) is 3.32. The molecule has 4 heteroatoms. The molecule has 0 bridgehead atoms. The number of nitrogens with one attached hydrogen (secondary N) is 1. The van der Waals surface area contributed by atoms with Crippen molar-refractivity contribution in [2.75, 3.05) is 19.7 Å². The number of hydrogen-bond donors (Lipinski definition) is 2. The number of amides is 1. The Kier molecular flexibility index (Phi) is 4.32. The third-order valence-electron chi connectivity index (χ3n) is 5.54. The molecule has 0 radical (unpaired) electrons. The van der Waals surface area contributed by atoms with E-state index >= 15 is 0 Å². The van der Waals surface area contributed by atoms with Gasteiger partial charge in [-0.25, -0.2) is 0 Å². The van der Waals surface area contributed by atoms with Gasteiger partial charge in [0.15, 0.2) is 0 Å². The standard InChI is InChI=1S/C21H24N2O2/c24-14-19(17-9-5-2-6-10-17)20(25)22-21-11-18(21)13-23(15-21)12-16-7-3-1-4-8-16/h1-10,18-19,24H,11-15H2,(H,22,25)/t18-,19?,21-/m1/s1. The summed E-state index contributed by atoms with van der Waals surface area (Å²) in [5.41, 5.74) is 2.09. The van der Waals surface area contributed by atoms with Gasteiger partial charge in [0.05, 0.1) is 18.1 Å². The predicted octanol–water partition coefficient (Wildman–Crippen LogP) is 2.15. The fourth-order valence-corrected chi connectivity index (χ4v) is 4.10. The summed E-state index contributed by atoms with van der Waals surface area (Å²) in [4.78, 5) is 15.2. The second kappa shape index (κ2) is 6.62. The molecule has 130 valence electrons. The normalized spacial score (nSPS) is 26.0. The molecule has 1 saturated heterocycles. The molecule has 4 rings (SSSR count). The number of aliphatic hydroxyl groups is 1. The summed E-state index contributed by atoms with van der Waals surface area (Å²) in [5, 5.41) is 13.0. The van der Waals surface area contributed by atoms with Crippen LogP contribution in [0.15, 0.2) is 60.7 Å². The molecule has 2 fully saturated rings. The van der Waals surface area contributed by atoms with E-state index < -0.39 is 5.92 Å². The summed E-state index contributed by atoms with van der Waals surface area (Å²) in [6.07, 6.45) is 1.05. The number of fused-ring (bicyclic) bond motifs is 1. The van der Waals surface area contributed by atoms with Crippen molar-refractivity contribution in [3.05, 3.63) is 71.8 Å². The number of nitrogens with zero attached hydrogens (tertiary/aromatic N) is 1. The zero-order chi connectivity index (χ0) is 17.3. The van der Waals surface area contributed by atoms with Crippen molar-refractivity contribution in [1.29, 1.82) is 0 Å². The van der Waals surface area contributed by atoms with Crippen molar-refractivity contribution in [2.45, 2.75) is 24.4 Å². The van der Waals surface area contributed by atoms with Crippen LogP contribution < -0.4 is 5.32 Å². The Morgan fingerprint density at radius 2 is 1.84 bits per heavy atom. The summed E-state index contributed by atoms with van der Waals surface area (Å²) in [6, 6.07) is 20.0. The Morgan fingerprint density at radius 3 is 2.52 bits per heavy atom. The van der Waals surface area contributed by atoms with Crippen molar-refractivity contribution >= 4 is 5.91 Å². The molecule has 1 aliphatic heterocycles. The Bertz CT molecular complexity index is 734. The highest BCUT2D eigenvalue weighted by Crippen LogP contribution is 2.50. The topological polar surface area (TPSA) is 52.6 Å². The van der Waals surface area contributed by atoms with Gasteiger partial charge in [-0.15, -0.1) is 0 Å². The second-order valence-electron chi connectivity index (χ2n) is 7.35. The molecule has 1 amide bonds. The van der Waals surface area contributed by atoms with E-state index in [-0.39, 0.29) is 18.1 Å². The molecule has 4 nitrogen and oxygen atoms in total. The van der Waals surface area contributed by atoms with E-state index in [9.17, 15) is 9.90 Å². The monoisotopic (exact) mass is 336 g/mol. The molecule has 1 saturated carbocycles. The average molecular weight is 336 g/mol. The molecule has 0 spiro atoms. The summed E-state index contributed by atoms with van der Waals surface area (Å²) < 4.78 is 0. The van der Waals surface area contributed by atoms with Crippen molar-refractivity contribution in [3.8, 4) is 0 Å². The third-order valence-corrected chi connectivity index (χ3v) is 5.54. The first-order valence-corrected chi connectivity index (χ1v) is 8.94. The molecule has 1 aliphatic carbocycles. The van der Waals surface area contributed by atoms with Gasteiger partial charge in [-0.2, -0.15) is 0 Å². The number of likely N-dealkylation sites (tertiary alicyclic amines) is 1. The number of hydrogen-bond acceptors (Lipinski definition) is 3. The number of benzene rings is 2. The molecule has 2 aromatic carbocycles. The van der Waals surface area contributed by atoms with E-state index in [1.165, 1.54) is 5.56 Å². The van der Waals surface area contributed by atoms with Gasteiger partial charge >= 0.3 is 0 Å². The highest BCUT2D eigenvalue weighted by atomic mass is 16.3. The zero-order valence-corrected chi connectivity index (χ0v) is 14.3. The number of rotatable bonds is 6. The minimum Gasteiger partial charge on any atom is -0.395 e. The SMILES string of the molecule is O=C(N[C@@]12C[C@@H]1CN(Cc1ccccc1)C2)C(CO)c1ccccc1. The lowest BCUT2D eigenvalue weighted by Crippen LogP contribution is -2.44. The van der Waals surface area contributed by atoms with Crippen LogP contribution >= 0.6 is 0 Å². The Hall–Kier alpha value is -2.17. The molecule has 2 aromatic rings. The molecular weight excluding hydrogens is 312 g/mol. The van der Waals surface area contributed by atoms with Crippen LogP contribution in [-0.2, 0) is 11.3 Å². The Labute approximate surface area is 148 Å². The van der Waals surface area contributed by atoms with Gasteiger partial charge < -0.3 is 10.4 Å². The quantitative estimate of drug-likeness (QED) is 0.850. The van der Waals surface area contributed by atoms with Crippen LogP contribution in [0.2, 0.25) is 0 Å². The maximum absolute atomic E-state index is 12.7. The largest absolute Gasteiger partial charge is 0.395 e. The molecular formula is C21H24N2O2. The predicted molar refractivity (Wildman–Crippen MR) is 97.0 cm³/mol. The van der Waals surface area contributed by atoms with Gasteiger partial charge in [-0.1, -0.05) is 60.7 Å². The van der Waals surface area contributed by atoms with Crippen molar-refractivity contribution in [2.24, 2.45) is 5.92 Å². The second-order valence-corrected chi connectivity index (χ2v) is 7.35. The summed E-state index contributed by atoms with van der Waals surface area (Å²) in [6.45, 7) is 2.69. The van der Waals surface area contributed by atoms with Gasteiger partial charge in [-0.05, 0) is 23.5 Å². The van der Waals surface area contributed by atoms with Crippen molar-refractivity contribution in [1.82, 2.24) is 10.2 Å². The number of carbonyl (C=O) groups excluding carboxylic acids is 1. The molecule has 1 heterocycles. The molecule has 2 N–H and O–H groups in total. The van der Waals surface area contributed by atoms with E-state index in [1.807, 2.05) is 36.4 Å². The van der Waals surface area contributed by atoms with Crippen LogP contribution in [0.5, 0.6) is 0 Å². The average Bonchev–Trinajstić information content (AvgIpc) is 3.17. The van der Waals surface area contributed by atoms with E-state index in [4.69, 9.17) is 0 Å². The lowest BCUT2D eigenvalue weighted by Gasteiger charge is -2.23. The molecule has 2 aliphatic rings. The fraction of sp³-hybridized carbons (Fsp3) is 0.381. The van der Waals surface area contributed by atoms with E-state index in [1.54, 1.807) is 0 Å². The van der Waals surface area contributed by atoms with E-state index in [2.05, 4.69) is 34.5 Å². The lowest BCUT2D eigenvalue weighted by atomic mass is 9.98. The molecule has 1 unspecified atom stereocenters. The number of carbonyl (C=O) groups is 1. The molecule has 0 aromatic heterocycles. The van der Waals surface area contributed by atoms with Gasteiger partial charge in [0, 0.05) is 19.6 Å². The summed E-state index contributed by atoms with van der Waals surface area (Å²) in [7, 11) is 0. The zero-order valence-electron chi connectivity index (χ0n) is 14.3. The fourth-order valence-electron chi connectivity index (χ4n) is 4.10. The first kappa shape index (κ1) is 16.3. The Balaban J connectivity index is 1.39. The van der Waals surface area contributed by atoms with Gasteiger partial charge in [-0.3, -0.25) is 9.69 Å². The number of piperidine rings is 1. The van der Waals surface area contributed by atoms with Crippen LogP contribution in [0.4, 0.5) is 0 Å². The maximum atomic E-state index is 12.7. The van der Waals surface area contributed by atoms with E-state index in [0.29, 0.717) is 5.92 Å². The van der Waals surface area contributed by atoms with Crippen molar-refractivity contribution in [3.63, 3.8) is 0 Å². The lowest BCUT2D eigenvalue weighted by molar-refractivity contribution is -0.124. The maximum Gasteiger partial charge on any atom is 0.230 e. The Morgan fingerprint density at radius 1 is 1.16 bits per heavy atom. The summed E-state index contributed by atoms with van der Waals surface area (Å²) >= 11 is 0. The smallest absolute Gasteiger partial charge is 0.230 e. The highest BCUT2D eigenvalue weighted by Gasteiger charge is 2.60. The first-order valence-electron chi connectivity index (χ1n) is 8.94. The molecule has 3 atom stereocenters. The molecule has 25 heavy (non-hydrogen) atoms. The van der Waals surface area contributed by atoms with E-state index in [0.717, 1.165) is 31.6 Å². The van der Waals surface area contributed by atoms with Gasteiger partial charge in [0.1, 0.15) is 0 Å². The van der Waals surface area contributed by atoms with Gasteiger partial charge in [0.25, 0.3) is 0 Å². The van der Waals surface area contributed by atoms with Crippen LogP contribution in [-0.4, -0.2) is 41.1 Å². The first-order chi connectivity index (χ1) is 12.2. The highest BCUT2D eigenvalue weighted by molar-refractivity contribution is 5.85. The minimum absolute atomic E-state index is 0.0576. The summed E-state index contributed by atoms with van der Waals surface area (Å²) in [5.74, 6) is -0.00645.